The van der Waals surface area contributed by atoms with Crippen LogP contribution in [0.4, 0.5) is 4.79 Å². The number of carbonyl (C=O) groups excluding carboxylic acids is 1. The normalized spacial score (nSPS) is 25.8. The van der Waals surface area contributed by atoms with Gasteiger partial charge in [0.05, 0.1) is 6.04 Å². The van der Waals surface area contributed by atoms with Crippen LogP contribution < -0.4 is 0 Å². The van der Waals surface area contributed by atoms with Gasteiger partial charge in [0, 0.05) is 6.04 Å². The minimum Gasteiger partial charge on any atom is -0.447 e. The maximum absolute atomic E-state index is 10.9. The molecule has 0 radical (unpaired) electrons. The Bertz CT molecular complexity index is 145. The van der Waals surface area contributed by atoms with Gasteiger partial charge in [-0.05, 0) is 20.8 Å². The van der Waals surface area contributed by atoms with Crippen molar-refractivity contribution in [3.8, 4) is 0 Å². The summed E-state index contributed by atoms with van der Waals surface area (Å²) in [7, 11) is 0. The fourth-order valence-corrected chi connectivity index (χ4v) is 1.25. The van der Waals surface area contributed by atoms with Gasteiger partial charge in [0.15, 0.2) is 0 Å². The molecule has 58 valence electrons. The van der Waals surface area contributed by atoms with E-state index in [0.717, 1.165) is 0 Å². The predicted octanol–water partition coefficient (Wildman–Crippen LogP) is 1.24. The summed E-state index contributed by atoms with van der Waals surface area (Å²) < 4.78 is 4.83. The van der Waals surface area contributed by atoms with Crippen molar-refractivity contribution in [1.29, 1.82) is 0 Å². The molecule has 1 aliphatic heterocycles. The van der Waals surface area contributed by atoms with Crippen molar-refractivity contribution in [2.24, 2.45) is 0 Å². The van der Waals surface area contributed by atoms with E-state index in [9.17, 15) is 4.79 Å². The molecular weight excluding hydrogens is 130 g/mol. The van der Waals surface area contributed by atoms with Gasteiger partial charge in [0.25, 0.3) is 0 Å². The molecule has 0 unspecified atom stereocenters. The van der Waals surface area contributed by atoms with Crippen LogP contribution in [0.3, 0.4) is 0 Å². The number of hydrogen-bond donors (Lipinski definition) is 0. The Balaban J connectivity index is 2.63. The van der Waals surface area contributed by atoms with Gasteiger partial charge in [-0.25, -0.2) is 4.79 Å². The summed E-state index contributed by atoms with van der Waals surface area (Å²) in [6.45, 7) is 6.51. The second kappa shape index (κ2) is 2.48. The minimum absolute atomic E-state index is 0.178. The number of ether oxygens (including phenoxy) is 1. The SMILES string of the molecule is CC(C)N1C(=O)OC[C@H]1C. The fourth-order valence-electron chi connectivity index (χ4n) is 1.25. The van der Waals surface area contributed by atoms with Crippen molar-refractivity contribution in [2.75, 3.05) is 6.61 Å². The lowest BCUT2D eigenvalue weighted by Gasteiger charge is -2.21. The zero-order valence-corrected chi connectivity index (χ0v) is 6.63. The maximum atomic E-state index is 10.9. The lowest BCUT2D eigenvalue weighted by atomic mass is 10.2. The molecule has 1 aliphatic rings. The Morgan fingerprint density at radius 1 is 1.70 bits per heavy atom. The van der Waals surface area contributed by atoms with Crippen LogP contribution in [0.5, 0.6) is 0 Å². The number of nitrogens with zero attached hydrogens (tertiary/aromatic N) is 1. The third-order valence-corrected chi connectivity index (χ3v) is 1.69. The second-order valence-electron chi connectivity index (χ2n) is 2.93. The molecule has 1 fully saturated rings. The molecule has 3 heteroatoms. The minimum atomic E-state index is -0.178. The van der Waals surface area contributed by atoms with Crippen LogP contribution in [-0.2, 0) is 4.74 Å². The number of cyclic esters (lactones) is 1. The third-order valence-electron chi connectivity index (χ3n) is 1.69. The van der Waals surface area contributed by atoms with Crippen LogP contribution in [0.25, 0.3) is 0 Å². The molecule has 1 amide bonds. The standard InChI is InChI=1S/C7H13NO2/c1-5(2)8-6(3)4-10-7(8)9/h5-6H,4H2,1-3H3/t6-/m1/s1. The Labute approximate surface area is 61.0 Å². The Hall–Kier alpha value is -0.730. The van der Waals surface area contributed by atoms with Crippen LogP contribution >= 0.6 is 0 Å². The largest absolute Gasteiger partial charge is 0.447 e. The average molecular weight is 143 g/mol. The Morgan fingerprint density at radius 2 is 2.30 bits per heavy atom. The molecule has 0 saturated carbocycles. The first-order valence-electron chi connectivity index (χ1n) is 3.58. The van der Waals surface area contributed by atoms with Gasteiger partial charge in [-0.2, -0.15) is 0 Å². The van der Waals surface area contributed by atoms with Gasteiger partial charge in [0.2, 0.25) is 0 Å². The zero-order valence-electron chi connectivity index (χ0n) is 6.63. The maximum Gasteiger partial charge on any atom is 0.410 e. The van der Waals surface area contributed by atoms with Crippen molar-refractivity contribution in [2.45, 2.75) is 32.9 Å². The first-order valence-corrected chi connectivity index (χ1v) is 3.58. The van der Waals surface area contributed by atoms with E-state index in [1.54, 1.807) is 4.90 Å². The van der Waals surface area contributed by atoms with Gasteiger partial charge in [0.1, 0.15) is 6.61 Å². The fraction of sp³-hybridized carbons (Fsp3) is 0.857. The smallest absolute Gasteiger partial charge is 0.410 e. The topological polar surface area (TPSA) is 29.5 Å². The highest BCUT2D eigenvalue weighted by atomic mass is 16.6. The molecule has 1 rings (SSSR count). The van der Waals surface area contributed by atoms with Gasteiger partial charge in [-0.3, -0.25) is 4.90 Å². The second-order valence-corrected chi connectivity index (χ2v) is 2.93. The number of carbonyl (C=O) groups is 1. The summed E-state index contributed by atoms with van der Waals surface area (Å²) in [6, 6.07) is 0.498. The molecule has 1 saturated heterocycles. The third kappa shape index (κ3) is 1.08. The van der Waals surface area contributed by atoms with Gasteiger partial charge in [-0.1, -0.05) is 0 Å². The summed E-state index contributed by atoms with van der Waals surface area (Å²) in [5.41, 5.74) is 0. The highest BCUT2D eigenvalue weighted by molar-refractivity contribution is 5.70. The molecule has 0 spiro atoms. The molecule has 1 heterocycles. The van der Waals surface area contributed by atoms with Crippen LogP contribution in [0.15, 0.2) is 0 Å². The number of hydrogen-bond acceptors (Lipinski definition) is 2. The molecule has 3 nitrogen and oxygen atoms in total. The number of amides is 1. The molecular formula is C7H13NO2. The van der Waals surface area contributed by atoms with E-state index in [0.29, 0.717) is 6.61 Å². The van der Waals surface area contributed by atoms with Crippen LogP contribution in [0, 0.1) is 0 Å². The molecule has 0 aromatic heterocycles. The lowest BCUT2D eigenvalue weighted by molar-refractivity contribution is 0.150. The van der Waals surface area contributed by atoms with Gasteiger partial charge < -0.3 is 4.74 Å². The van der Waals surface area contributed by atoms with Crippen molar-refractivity contribution >= 4 is 6.09 Å². The highest BCUT2D eigenvalue weighted by Gasteiger charge is 2.30. The van der Waals surface area contributed by atoms with Gasteiger partial charge >= 0.3 is 6.09 Å². The summed E-state index contributed by atoms with van der Waals surface area (Å²) >= 11 is 0. The first kappa shape index (κ1) is 7.38. The van der Waals surface area contributed by atoms with E-state index in [4.69, 9.17) is 4.74 Å². The van der Waals surface area contributed by atoms with Crippen molar-refractivity contribution in [1.82, 2.24) is 4.90 Å². The zero-order chi connectivity index (χ0) is 7.72. The quantitative estimate of drug-likeness (QED) is 0.552. The summed E-state index contributed by atoms with van der Waals surface area (Å²) in [5, 5.41) is 0. The first-order chi connectivity index (χ1) is 4.63. The summed E-state index contributed by atoms with van der Waals surface area (Å²) in [6.07, 6.45) is -0.178. The van der Waals surface area contributed by atoms with Crippen molar-refractivity contribution in [3.05, 3.63) is 0 Å². The van der Waals surface area contributed by atoms with Gasteiger partial charge in [-0.15, -0.1) is 0 Å². The van der Waals surface area contributed by atoms with Crippen LogP contribution in [-0.4, -0.2) is 29.7 Å². The molecule has 0 aromatic rings. The summed E-state index contributed by atoms with van der Waals surface area (Å²) in [4.78, 5) is 12.7. The molecule has 0 bridgehead atoms. The van der Waals surface area contributed by atoms with E-state index >= 15 is 0 Å². The predicted molar refractivity (Wildman–Crippen MR) is 37.8 cm³/mol. The number of rotatable bonds is 1. The van der Waals surface area contributed by atoms with Crippen molar-refractivity contribution in [3.63, 3.8) is 0 Å². The van der Waals surface area contributed by atoms with Crippen LogP contribution in [0.1, 0.15) is 20.8 Å². The molecule has 10 heavy (non-hydrogen) atoms. The Morgan fingerprint density at radius 3 is 2.50 bits per heavy atom. The monoisotopic (exact) mass is 143 g/mol. The van der Waals surface area contributed by atoms with E-state index in [1.807, 2.05) is 20.8 Å². The highest BCUT2D eigenvalue weighted by Crippen LogP contribution is 2.14. The Kier molecular flexibility index (Phi) is 1.83. The van der Waals surface area contributed by atoms with E-state index in [1.165, 1.54) is 0 Å². The lowest BCUT2D eigenvalue weighted by Crippen LogP contribution is -2.37. The van der Waals surface area contributed by atoms with E-state index in [-0.39, 0.29) is 18.2 Å². The van der Waals surface area contributed by atoms with Crippen molar-refractivity contribution < 1.29 is 9.53 Å². The molecule has 0 aliphatic carbocycles. The molecule has 0 aromatic carbocycles. The van der Waals surface area contributed by atoms with Crippen LogP contribution in [0.2, 0.25) is 0 Å². The van der Waals surface area contributed by atoms with E-state index in [2.05, 4.69) is 0 Å². The molecule has 0 N–H and O–H groups in total. The molecule has 1 atom stereocenters. The summed E-state index contributed by atoms with van der Waals surface area (Å²) in [5.74, 6) is 0. The van der Waals surface area contributed by atoms with E-state index < -0.39 is 0 Å². The average Bonchev–Trinajstić information content (AvgIpc) is 2.11.